The lowest BCUT2D eigenvalue weighted by molar-refractivity contribution is -0.142. The molecule has 2 atom stereocenters. The second kappa shape index (κ2) is 9.34. The van der Waals surface area contributed by atoms with Gasteiger partial charge >= 0.3 is 5.97 Å². The second-order valence-electron chi connectivity index (χ2n) is 4.63. The van der Waals surface area contributed by atoms with Gasteiger partial charge in [0.25, 0.3) is 5.91 Å². The van der Waals surface area contributed by atoms with E-state index in [1.54, 1.807) is 30.3 Å². The molecule has 0 bridgehead atoms. The van der Waals surface area contributed by atoms with E-state index in [0.717, 1.165) is 0 Å². The number of benzene rings is 1. The number of alkyl halides is 2. The van der Waals surface area contributed by atoms with E-state index in [0.29, 0.717) is 5.56 Å². The molecular weight excluding hydrogens is 347 g/mol. The number of nitrogens with one attached hydrogen (secondary N) is 2. The van der Waals surface area contributed by atoms with Gasteiger partial charge in [-0.05, 0) is 5.56 Å². The Morgan fingerprint density at radius 2 is 1.57 bits per heavy atom. The summed E-state index contributed by atoms with van der Waals surface area (Å²) in [5.74, 6) is -2.95. The number of carbonyl (C=O) groups excluding carboxylic acids is 2. The maximum atomic E-state index is 12.0. The molecule has 126 valence electrons. The third-order valence-electron chi connectivity index (χ3n) is 2.91. The van der Waals surface area contributed by atoms with Crippen LogP contribution in [0.15, 0.2) is 30.3 Å². The fourth-order valence-corrected chi connectivity index (χ4v) is 1.88. The second-order valence-corrected chi connectivity index (χ2v) is 5.73. The molecule has 4 N–H and O–H groups in total. The van der Waals surface area contributed by atoms with Crippen molar-refractivity contribution >= 4 is 41.0 Å². The molecule has 1 aromatic rings. The highest BCUT2D eigenvalue weighted by molar-refractivity contribution is 6.53. The highest BCUT2D eigenvalue weighted by atomic mass is 35.5. The molecule has 2 amide bonds. The molecule has 0 aromatic heterocycles. The molecule has 0 saturated carbocycles. The largest absolute Gasteiger partial charge is 0.480 e. The molecule has 0 saturated heterocycles. The average molecular weight is 363 g/mol. The minimum absolute atomic E-state index is 0.0572. The zero-order valence-electron chi connectivity index (χ0n) is 11.9. The van der Waals surface area contributed by atoms with E-state index in [1.165, 1.54) is 0 Å². The Hall–Kier alpha value is -1.83. The highest BCUT2D eigenvalue weighted by Gasteiger charge is 2.27. The Bertz CT molecular complexity index is 553. The Morgan fingerprint density at radius 1 is 1.00 bits per heavy atom. The van der Waals surface area contributed by atoms with Crippen LogP contribution in [0.1, 0.15) is 5.56 Å². The summed E-state index contributed by atoms with van der Waals surface area (Å²) in [6.45, 7) is -0.726. The summed E-state index contributed by atoms with van der Waals surface area (Å²) in [6.07, 6.45) is 0.0572. The van der Waals surface area contributed by atoms with Gasteiger partial charge in [0.2, 0.25) is 5.91 Å². The summed E-state index contributed by atoms with van der Waals surface area (Å²) < 4.78 is 0. The van der Waals surface area contributed by atoms with Crippen molar-refractivity contribution in [2.45, 2.75) is 23.3 Å². The van der Waals surface area contributed by atoms with E-state index in [1.807, 2.05) is 0 Å². The number of aliphatic hydroxyl groups excluding tert-OH is 1. The molecule has 1 aromatic carbocycles. The first-order valence-corrected chi connectivity index (χ1v) is 7.49. The van der Waals surface area contributed by atoms with Crippen LogP contribution in [-0.2, 0) is 20.8 Å². The number of aliphatic hydroxyl groups is 1. The summed E-state index contributed by atoms with van der Waals surface area (Å²) >= 11 is 10.7. The zero-order valence-corrected chi connectivity index (χ0v) is 13.4. The third-order valence-corrected chi connectivity index (χ3v) is 3.31. The normalized spacial score (nSPS) is 13.2. The first-order chi connectivity index (χ1) is 10.8. The van der Waals surface area contributed by atoms with Crippen LogP contribution in [0.2, 0.25) is 0 Å². The van der Waals surface area contributed by atoms with E-state index < -0.39 is 41.3 Å². The van der Waals surface area contributed by atoms with Gasteiger partial charge in [-0.1, -0.05) is 53.5 Å². The molecule has 0 aliphatic carbocycles. The van der Waals surface area contributed by atoms with Crippen molar-refractivity contribution in [3.63, 3.8) is 0 Å². The summed E-state index contributed by atoms with van der Waals surface area (Å²) in [7, 11) is 0. The van der Waals surface area contributed by atoms with Crippen LogP contribution in [0.3, 0.4) is 0 Å². The molecule has 0 heterocycles. The van der Waals surface area contributed by atoms with Crippen molar-refractivity contribution in [3.05, 3.63) is 35.9 Å². The van der Waals surface area contributed by atoms with Crippen molar-refractivity contribution in [2.24, 2.45) is 0 Å². The number of aliphatic carboxylic acids is 1. The van der Waals surface area contributed by atoms with Crippen LogP contribution in [-0.4, -0.2) is 51.5 Å². The summed E-state index contributed by atoms with van der Waals surface area (Å²) in [6, 6.07) is 6.16. The third kappa shape index (κ3) is 6.43. The van der Waals surface area contributed by atoms with Gasteiger partial charge in [0.1, 0.15) is 12.1 Å². The summed E-state index contributed by atoms with van der Waals surface area (Å²) in [5.41, 5.74) is 0.714. The predicted octanol–water partition coefficient (Wildman–Crippen LogP) is 0.0793. The highest BCUT2D eigenvalue weighted by Crippen LogP contribution is 2.05. The molecule has 0 spiro atoms. The molecule has 0 aliphatic rings. The van der Waals surface area contributed by atoms with Crippen LogP contribution >= 0.6 is 23.2 Å². The molecule has 0 radical (unpaired) electrons. The van der Waals surface area contributed by atoms with E-state index >= 15 is 0 Å². The lowest BCUT2D eigenvalue weighted by Gasteiger charge is -2.20. The molecule has 9 heteroatoms. The van der Waals surface area contributed by atoms with Gasteiger partial charge in [-0.3, -0.25) is 9.59 Å². The zero-order chi connectivity index (χ0) is 17.4. The lowest BCUT2D eigenvalue weighted by atomic mass is 10.1. The van der Waals surface area contributed by atoms with Gasteiger partial charge in [0, 0.05) is 6.42 Å². The fraction of sp³-hybridized carbons (Fsp3) is 0.357. The standard InChI is InChI=1S/C14H16Cl2N2O5/c15-11(16)13(21)18-10(7-19)12(20)17-9(14(22)23)6-8-4-2-1-3-5-8/h1-5,9-11,19H,6-7H2,(H,17,20)(H,18,21)(H,22,23)/t9-,10-/m0/s1. The molecule has 7 nitrogen and oxygen atoms in total. The SMILES string of the molecule is O=C(N[C@@H](CO)C(=O)N[C@@H](Cc1ccccc1)C(=O)O)C(Cl)Cl. The molecular formula is C14H16Cl2N2O5. The summed E-state index contributed by atoms with van der Waals surface area (Å²) in [5, 5.41) is 22.7. The maximum absolute atomic E-state index is 12.0. The minimum atomic E-state index is -1.41. The van der Waals surface area contributed by atoms with Gasteiger partial charge < -0.3 is 20.8 Å². The smallest absolute Gasteiger partial charge is 0.326 e. The van der Waals surface area contributed by atoms with E-state index in [9.17, 15) is 19.5 Å². The first-order valence-electron chi connectivity index (χ1n) is 6.61. The number of hydrogen-bond donors (Lipinski definition) is 4. The van der Waals surface area contributed by atoms with E-state index in [4.69, 9.17) is 28.3 Å². The maximum Gasteiger partial charge on any atom is 0.326 e. The number of hydrogen-bond acceptors (Lipinski definition) is 4. The van der Waals surface area contributed by atoms with Gasteiger partial charge in [-0.2, -0.15) is 0 Å². The number of carboxylic acid groups (broad SMARTS) is 1. The van der Waals surface area contributed by atoms with Gasteiger partial charge in [-0.25, -0.2) is 4.79 Å². The van der Waals surface area contributed by atoms with Crippen LogP contribution < -0.4 is 10.6 Å². The van der Waals surface area contributed by atoms with Crippen LogP contribution in [0, 0.1) is 0 Å². The van der Waals surface area contributed by atoms with Gasteiger partial charge in [0.15, 0.2) is 4.84 Å². The first kappa shape index (κ1) is 19.2. The van der Waals surface area contributed by atoms with Gasteiger partial charge in [-0.15, -0.1) is 0 Å². The number of rotatable bonds is 8. The number of carboxylic acids is 1. The number of amides is 2. The molecule has 0 aliphatic heterocycles. The number of carbonyl (C=O) groups is 3. The van der Waals surface area contributed by atoms with Crippen molar-refractivity contribution in [1.82, 2.24) is 10.6 Å². The van der Waals surface area contributed by atoms with Crippen molar-refractivity contribution in [2.75, 3.05) is 6.61 Å². The molecule has 1 rings (SSSR count). The molecule has 0 fully saturated rings. The van der Waals surface area contributed by atoms with E-state index in [-0.39, 0.29) is 6.42 Å². The van der Waals surface area contributed by atoms with Crippen molar-refractivity contribution in [3.8, 4) is 0 Å². The Labute approximate surface area is 142 Å². The summed E-state index contributed by atoms with van der Waals surface area (Å²) in [4.78, 5) is 33.2. The van der Waals surface area contributed by atoms with Crippen molar-refractivity contribution in [1.29, 1.82) is 0 Å². The lowest BCUT2D eigenvalue weighted by Crippen LogP contribution is -2.54. The average Bonchev–Trinajstić information content (AvgIpc) is 2.52. The minimum Gasteiger partial charge on any atom is -0.480 e. The quantitative estimate of drug-likeness (QED) is 0.488. The van der Waals surface area contributed by atoms with Crippen LogP contribution in [0.5, 0.6) is 0 Å². The molecule has 0 unspecified atom stereocenters. The topological polar surface area (TPSA) is 116 Å². The van der Waals surface area contributed by atoms with Crippen LogP contribution in [0.25, 0.3) is 0 Å². The van der Waals surface area contributed by atoms with Gasteiger partial charge in [0.05, 0.1) is 6.61 Å². The molecule has 23 heavy (non-hydrogen) atoms. The Morgan fingerprint density at radius 3 is 2.04 bits per heavy atom. The van der Waals surface area contributed by atoms with Crippen molar-refractivity contribution < 1.29 is 24.6 Å². The predicted molar refractivity (Wildman–Crippen MR) is 84.2 cm³/mol. The Kier molecular flexibility index (Phi) is 7.80. The van der Waals surface area contributed by atoms with E-state index in [2.05, 4.69) is 10.6 Å². The van der Waals surface area contributed by atoms with Crippen LogP contribution in [0.4, 0.5) is 0 Å². The fourth-order valence-electron chi connectivity index (χ4n) is 1.75. The monoisotopic (exact) mass is 362 g/mol. The number of halogens is 2. The Balaban J connectivity index is 2.72.